The molecule has 0 spiro atoms. The molecule has 5 nitrogen and oxygen atoms in total. The van der Waals surface area contributed by atoms with E-state index >= 15 is 8.78 Å². The summed E-state index contributed by atoms with van der Waals surface area (Å²) in [5.41, 5.74) is 7.41. The van der Waals surface area contributed by atoms with Crippen LogP contribution in [0.5, 0.6) is 5.75 Å². The Balaban J connectivity index is 1.60. The Hall–Kier alpha value is -3.16. The highest BCUT2D eigenvalue weighted by molar-refractivity contribution is 6.34. The lowest BCUT2D eigenvalue weighted by atomic mass is 9.80. The lowest BCUT2D eigenvalue weighted by Gasteiger charge is -2.35. The number of nitrogens with one attached hydrogen (secondary N) is 2. The number of ether oxygens (including phenoxy) is 1. The van der Waals surface area contributed by atoms with Crippen LogP contribution in [0.15, 0.2) is 42.5 Å². The number of primary amides is 1. The zero-order valence-electron chi connectivity index (χ0n) is 19.6. The molecule has 0 radical (unpaired) electrons. The van der Waals surface area contributed by atoms with Crippen molar-refractivity contribution in [1.82, 2.24) is 5.32 Å². The Kier molecular flexibility index (Phi) is 5.65. The SMILES string of the molecule is NC(=O)c1cc2c(c(F)c1-c1c(Cl)c(F)cc3c1C[C@](c1ccccc1)([C@@H]1CCCN1)O3)NCCC2. The van der Waals surface area contributed by atoms with Crippen molar-refractivity contribution in [2.45, 2.75) is 43.7 Å². The second-order valence-electron chi connectivity index (χ2n) is 9.75. The lowest BCUT2D eigenvalue weighted by Crippen LogP contribution is -2.48. The van der Waals surface area contributed by atoms with Gasteiger partial charge in [-0.2, -0.15) is 0 Å². The van der Waals surface area contributed by atoms with Gasteiger partial charge in [0.1, 0.15) is 11.6 Å². The van der Waals surface area contributed by atoms with Crippen LogP contribution in [0.3, 0.4) is 0 Å². The second kappa shape index (κ2) is 8.75. The normalized spacial score (nSPS) is 22.5. The minimum Gasteiger partial charge on any atom is -0.480 e. The van der Waals surface area contributed by atoms with E-state index in [1.54, 1.807) is 6.07 Å². The summed E-state index contributed by atoms with van der Waals surface area (Å²) in [4.78, 5) is 12.5. The quantitative estimate of drug-likeness (QED) is 0.444. The van der Waals surface area contributed by atoms with Crippen LogP contribution in [0.2, 0.25) is 5.02 Å². The number of anilines is 1. The van der Waals surface area contributed by atoms with E-state index in [0.717, 1.165) is 31.4 Å². The van der Waals surface area contributed by atoms with Crippen LogP contribution in [0.25, 0.3) is 11.1 Å². The Labute approximate surface area is 213 Å². The van der Waals surface area contributed by atoms with E-state index in [1.165, 1.54) is 6.07 Å². The molecule has 0 saturated carbocycles. The molecule has 186 valence electrons. The zero-order chi connectivity index (χ0) is 25.0. The molecule has 0 aromatic heterocycles. The molecule has 4 N–H and O–H groups in total. The smallest absolute Gasteiger partial charge is 0.249 e. The van der Waals surface area contributed by atoms with Gasteiger partial charge < -0.3 is 21.1 Å². The number of amides is 1. The van der Waals surface area contributed by atoms with E-state index < -0.39 is 23.1 Å². The van der Waals surface area contributed by atoms with Crippen molar-refractivity contribution in [3.05, 3.63) is 81.4 Å². The molecule has 6 rings (SSSR count). The van der Waals surface area contributed by atoms with Crippen molar-refractivity contribution in [3.63, 3.8) is 0 Å². The minimum absolute atomic E-state index is 0.0131. The molecule has 36 heavy (non-hydrogen) atoms. The van der Waals surface area contributed by atoms with Crippen LogP contribution in [-0.2, 0) is 18.4 Å². The number of fused-ring (bicyclic) bond motifs is 2. The van der Waals surface area contributed by atoms with Gasteiger partial charge >= 0.3 is 0 Å². The third kappa shape index (κ3) is 3.48. The van der Waals surface area contributed by atoms with Crippen LogP contribution in [0, 0.1) is 11.6 Å². The maximum absolute atomic E-state index is 16.2. The number of hydrogen-bond donors (Lipinski definition) is 3. The highest BCUT2D eigenvalue weighted by Crippen LogP contribution is 2.52. The predicted molar refractivity (Wildman–Crippen MR) is 136 cm³/mol. The largest absolute Gasteiger partial charge is 0.480 e. The van der Waals surface area contributed by atoms with Gasteiger partial charge in [-0.3, -0.25) is 4.79 Å². The van der Waals surface area contributed by atoms with Gasteiger partial charge in [0.15, 0.2) is 11.4 Å². The van der Waals surface area contributed by atoms with Gasteiger partial charge in [-0.15, -0.1) is 0 Å². The Morgan fingerprint density at radius 2 is 1.92 bits per heavy atom. The molecule has 3 aliphatic heterocycles. The number of hydrogen-bond acceptors (Lipinski definition) is 4. The fraction of sp³-hybridized carbons (Fsp3) is 0.321. The van der Waals surface area contributed by atoms with Crippen molar-refractivity contribution in [2.24, 2.45) is 5.73 Å². The molecule has 3 heterocycles. The summed E-state index contributed by atoms with van der Waals surface area (Å²) in [5.74, 6) is -1.89. The first-order chi connectivity index (χ1) is 17.4. The van der Waals surface area contributed by atoms with E-state index in [2.05, 4.69) is 10.6 Å². The van der Waals surface area contributed by atoms with Gasteiger partial charge in [-0.1, -0.05) is 41.9 Å². The molecular weight excluding hydrogens is 484 g/mol. The Morgan fingerprint density at radius 3 is 2.64 bits per heavy atom. The average Bonchev–Trinajstić information content (AvgIpc) is 3.55. The second-order valence-corrected chi connectivity index (χ2v) is 10.1. The average molecular weight is 510 g/mol. The molecule has 2 atom stereocenters. The van der Waals surface area contributed by atoms with Crippen LogP contribution < -0.4 is 21.1 Å². The number of nitrogens with two attached hydrogens (primary N) is 1. The molecule has 0 bridgehead atoms. The van der Waals surface area contributed by atoms with Crippen LogP contribution in [0.4, 0.5) is 14.5 Å². The summed E-state index contributed by atoms with van der Waals surface area (Å²) in [6.45, 7) is 1.44. The van der Waals surface area contributed by atoms with E-state index in [0.29, 0.717) is 42.0 Å². The summed E-state index contributed by atoms with van der Waals surface area (Å²) < 4.78 is 38.0. The summed E-state index contributed by atoms with van der Waals surface area (Å²) in [5, 5.41) is 6.37. The fourth-order valence-electron chi connectivity index (χ4n) is 6.04. The molecule has 0 aliphatic carbocycles. The molecule has 3 aromatic carbocycles. The Bertz CT molecular complexity index is 1380. The summed E-state index contributed by atoms with van der Waals surface area (Å²) in [6.07, 6.45) is 3.61. The first-order valence-electron chi connectivity index (χ1n) is 12.3. The maximum atomic E-state index is 16.2. The molecule has 1 fully saturated rings. The summed E-state index contributed by atoms with van der Waals surface area (Å²) >= 11 is 6.56. The molecule has 1 amide bonds. The van der Waals surface area contributed by atoms with E-state index in [9.17, 15) is 4.79 Å². The van der Waals surface area contributed by atoms with E-state index in [1.807, 2.05) is 30.3 Å². The Morgan fingerprint density at radius 1 is 1.11 bits per heavy atom. The summed E-state index contributed by atoms with van der Waals surface area (Å²) in [7, 11) is 0. The third-order valence-corrected chi connectivity index (χ3v) is 8.06. The fourth-order valence-corrected chi connectivity index (χ4v) is 6.31. The molecule has 1 saturated heterocycles. The highest BCUT2D eigenvalue weighted by atomic mass is 35.5. The van der Waals surface area contributed by atoms with Gasteiger partial charge in [0, 0.05) is 35.7 Å². The van der Waals surface area contributed by atoms with Crippen LogP contribution in [-0.4, -0.2) is 25.0 Å². The van der Waals surface area contributed by atoms with Gasteiger partial charge in [0.05, 0.1) is 22.3 Å². The number of benzene rings is 3. The standard InChI is InChI=1S/C28H26ClF2N3O2/c29-24-19(30)13-20-18(14-28(36-20,21-9-5-10-33-21)16-7-2-1-3-8-16)22(24)23-17(27(32)35)12-15-6-4-11-34-26(15)25(23)31/h1-3,7-8,12-13,21,33-34H,4-6,9-11,14H2,(H2,32,35)/t21-,28-/m0/s1. The van der Waals surface area contributed by atoms with Crippen molar-refractivity contribution in [3.8, 4) is 16.9 Å². The molecule has 3 aromatic rings. The predicted octanol–water partition coefficient (Wildman–Crippen LogP) is 5.32. The number of aryl methyl sites for hydroxylation is 1. The lowest BCUT2D eigenvalue weighted by molar-refractivity contribution is 0.0539. The van der Waals surface area contributed by atoms with Gasteiger partial charge in [0.25, 0.3) is 0 Å². The number of rotatable bonds is 4. The number of halogens is 3. The monoisotopic (exact) mass is 509 g/mol. The van der Waals surface area contributed by atoms with Crippen LogP contribution >= 0.6 is 11.6 Å². The number of carbonyl (C=O) groups is 1. The van der Waals surface area contributed by atoms with Crippen LogP contribution in [0.1, 0.15) is 46.3 Å². The maximum Gasteiger partial charge on any atom is 0.249 e. The summed E-state index contributed by atoms with van der Waals surface area (Å²) in [6, 6.07) is 12.6. The molecule has 3 aliphatic rings. The van der Waals surface area contributed by atoms with Gasteiger partial charge in [0.2, 0.25) is 5.91 Å². The topological polar surface area (TPSA) is 76.4 Å². The van der Waals surface area contributed by atoms with Crippen molar-refractivity contribution < 1.29 is 18.3 Å². The van der Waals surface area contributed by atoms with Crippen molar-refractivity contribution in [2.75, 3.05) is 18.4 Å². The molecule has 8 heteroatoms. The number of carbonyl (C=O) groups excluding carboxylic acids is 1. The minimum atomic E-state index is -0.832. The van der Waals surface area contributed by atoms with Gasteiger partial charge in [-0.05, 0) is 49.4 Å². The highest BCUT2D eigenvalue weighted by Gasteiger charge is 2.50. The third-order valence-electron chi connectivity index (χ3n) is 7.69. The van der Waals surface area contributed by atoms with E-state index in [-0.39, 0.29) is 27.8 Å². The molecular formula is C28H26ClF2N3O2. The molecule has 0 unspecified atom stereocenters. The first kappa shape index (κ1) is 23.3. The zero-order valence-corrected chi connectivity index (χ0v) is 20.4. The van der Waals surface area contributed by atoms with E-state index in [4.69, 9.17) is 22.1 Å². The first-order valence-corrected chi connectivity index (χ1v) is 12.7. The van der Waals surface area contributed by atoms with Crippen molar-refractivity contribution >= 4 is 23.2 Å². The van der Waals surface area contributed by atoms with Crippen molar-refractivity contribution in [1.29, 1.82) is 0 Å². The van der Waals surface area contributed by atoms with Gasteiger partial charge in [-0.25, -0.2) is 8.78 Å².